The Labute approximate surface area is 181 Å². The second-order valence-electron chi connectivity index (χ2n) is 7.68. The zero-order valence-corrected chi connectivity index (χ0v) is 18.1. The SMILES string of the molecule is Cc1cnn(CCC2CCCCO2)c(=O)c1CC(=O)NCc1cc(Cl)ccc1CN. The fourth-order valence-corrected chi connectivity index (χ4v) is 3.86. The summed E-state index contributed by atoms with van der Waals surface area (Å²) in [5.74, 6) is -0.230. The molecule has 1 atom stereocenters. The van der Waals surface area contributed by atoms with Crippen LogP contribution in [0.5, 0.6) is 0 Å². The topological polar surface area (TPSA) is 99.2 Å². The Morgan fingerprint density at radius 2 is 2.20 bits per heavy atom. The number of halogens is 1. The van der Waals surface area contributed by atoms with Gasteiger partial charge in [0.25, 0.3) is 5.56 Å². The smallest absolute Gasteiger partial charge is 0.270 e. The van der Waals surface area contributed by atoms with Crippen molar-refractivity contribution >= 4 is 17.5 Å². The van der Waals surface area contributed by atoms with Gasteiger partial charge in [0.15, 0.2) is 0 Å². The number of benzene rings is 1. The zero-order chi connectivity index (χ0) is 21.5. The quantitative estimate of drug-likeness (QED) is 0.667. The molecular formula is C22H29ClN4O3. The van der Waals surface area contributed by atoms with Crippen molar-refractivity contribution in [2.45, 2.75) is 64.8 Å². The van der Waals surface area contributed by atoms with Crippen LogP contribution in [0.3, 0.4) is 0 Å². The zero-order valence-electron chi connectivity index (χ0n) is 17.3. The van der Waals surface area contributed by atoms with E-state index in [0.717, 1.165) is 43.4 Å². The van der Waals surface area contributed by atoms with Gasteiger partial charge < -0.3 is 15.8 Å². The summed E-state index contributed by atoms with van der Waals surface area (Å²) in [5, 5.41) is 7.70. The molecule has 162 valence electrons. The lowest BCUT2D eigenvalue weighted by molar-refractivity contribution is -0.120. The van der Waals surface area contributed by atoms with Crippen LogP contribution in [-0.4, -0.2) is 28.4 Å². The van der Waals surface area contributed by atoms with Crippen LogP contribution in [0.1, 0.15) is 47.9 Å². The van der Waals surface area contributed by atoms with Crippen LogP contribution >= 0.6 is 11.6 Å². The first-order valence-corrected chi connectivity index (χ1v) is 10.8. The van der Waals surface area contributed by atoms with E-state index in [9.17, 15) is 9.59 Å². The van der Waals surface area contributed by atoms with E-state index in [1.165, 1.54) is 4.68 Å². The number of hydrogen-bond acceptors (Lipinski definition) is 5. The van der Waals surface area contributed by atoms with E-state index >= 15 is 0 Å². The highest BCUT2D eigenvalue weighted by atomic mass is 35.5. The van der Waals surface area contributed by atoms with Crippen LogP contribution in [-0.2, 0) is 35.6 Å². The minimum absolute atomic E-state index is 0.00559. The van der Waals surface area contributed by atoms with E-state index < -0.39 is 0 Å². The predicted octanol–water partition coefficient (Wildman–Crippen LogP) is 2.48. The normalized spacial score (nSPS) is 16.4. The highest BCUT2D eigenvalue weighted by molar-refractivity contribution is 6.30. The summed E-state index contributed by atoms with van der Waals surface area (Å²) < 4.78 is 7.18. The number of carbonyl (C=O) groups is 1. The third kappa shape index (κ3) is 5.90. The van der Waals surface area contributed by atoms with E-state index in [2.05, 4.69) is 10.4 Å². The summed E-state index contributed by atoms with van der Waals surface area (Å²) >= 11 is 6.05. The third-order valence-electron chi connectivity index (χ3n) is 5.50. The summed E-state index contributed by atoms with van der Waals surface area (Å²) in [4.78, 5) is 25.4. The first-order valence-electron chi connectivity index (χ1n) is 10.4. The van der Waals surface area contributed by atoms with Crippen molar-refractivity contribution < 1.29 is 9.53 Å². The number of nitrogens with zero attached hydrogens (tertiary/aromatic N) is 2. The Morgan fingerprint density at radius 3 is 2.93 bits per heavy atom. The number of nitrogens with two attached hydrogens (primary N) is 1. The third-order valence-corrected chi connectivity index (χ3v) is 5.73. The molecule has 1 aromatic heterocycles. The van der Waals surface area contributed by atoms with Crippen molar-refractivity contribution in [1.82, 2.24) is 15.1 Å². The Kier molecular flexibility index (Phi) is 8.01. The molecule has 0 aliphatic carbocycles. The largest absolute Gasteiger partial charge is 0.378 e. The van der Waals surface area contributed by atoms with Gasteiger partial charge in [0.2, 0.25) is 5.91 Å². The van der Waals surface area contributed by atoms with E-state index in [1.54, 1.807) is 25.3 Å². The van der Waals surface area contributed by atoms with Crippen molar-refractivity contribution in [2.75, 3.05) is 6.61 Å². The maximum absolute atomic E-state index is 12.9. The van der Waals surface area contributed by atoms with Crippen LogP contribution in [0, 0.1) is 6.92 Å². The standard InChI is InChI=1S/C22H29ClN4O3/c1-15-13-26-27(8-7-19-4-2-3-9-30-19)22(29)20(15)11-21(28)25-14-17-10-18(23)6-5-16(17)12-24/h5-6,10,13,19H,2-4,7-9,11-12,14,24H2,1H3,(H,25,28). The minimum atomic E-state index is -0.230. The monoisotopic (exact) mass is 432 g/mol. The van der Waals surface area contributed by atoms with Crippen molar-refractivity contribution in [3.05, 3.63) is 62.0 Å². The van der Waals surface area contributed by atoms with Gasteiger partial charge in [-0.2, -0.15) is 5.10 Å². The fourth-order valence-electron chi connectivity index (χ4n) is 3.66. The Morgan fingerprint density at radius 1 is 1.37 bits per heavy atom. The van der Waals surface area contributed by atoms with Crippen molar-refractivity contribution in [2.24, 2.45) is 5.73 Å². The van der Waals surface area contributed by atoms with Gasteiger partial charge in [-0.25, -0.2) is 4.68 Å². The fraction of sp³-hybridized carbons (Fsp3) is 0.500. The molecule has 0 saturated carbocycles. The molecule has 1 aliphatic rings. The second-order valence-corrected chi connectivity index (χ2v) is 8.12. The van der Waals surface area contributed by atoms with Gasteiger partial charge in [0.05, 0.1) is 18.7 Å². The maximum Gasteiger partial charge on any atom is 0.270 e. The van der Waals surface area contributed by atoms with E-state index in [1.807, 2.05) is 6.07 Å². The molecule has 1 aliphatic heterocycles. The molecule has 1 fully saturated rings. The molecular weight excluding hydrogens is 404 g/mol. The van der Waals surface area contributed by atoms with E-state index in [-0.39, 0.29) is 24.0 Å². The summed E-state index contributed by atoms with van der Waals surface area (Å²) in [7, 11) is 0. The van der Waals surface area contributed by atoms with Crippen LogP contribution in [0.2, 0.25) is 5.02 Å². The lowest BCUT2D eigenvalue weighted by Gasteiger charge is -2.22. The van der Waals surface area contributed by atoms with Gasteiger partial charge in [-0.15, -0.1) is 0 Å². The molecule has 0 spiro atoms. The molecule has 30 heavy (non-hydrogen) atoms. The predicted molar refractivity (Wildman–Crippen MR) is 116 cm³/mol. The average molecular weight is 433 g/mol. The maximum atomic E-state index is 12.9. The van der Waals surface area contributed by atoms with Gasteiger partial charge in [-0.1, -0.05) is 17.7 Å². The number of amides is 1. The van der Waals surface area contributed by atoms with Gasteiger partial charge in [-0.05, 0) is 61.4 Å². The molecule has 0 radical (unpaired) electrons. The van der Waals surface area contributed by atoms with Crippen LogP contribution < -0.4 is 16.6 Å². The summed E-state index contributed by atoms with van der Waals surface area (Å²) in [6, 6.07) is 5.42. The Balaban J connectivity index is 1.63. The lowest BCUT2D eigenvalue weighted by atomic mass is 10.1. The van der Waals surface area contributed by atoms with Crippen molar-refractivity contribution in [3.8, 4) is 0 Å². The molecule has 7 nitrogen and oxygen atoms in total. The molecule has 2 heterocycles. The first kappa shape index (κ1) is 22.5. The van der Waals surface area contributed by atoms with Crippen LogP contribution in [0.25, 0.3) is 0 Å². The highest BCUT2D eigenvalue weighted by Crippen LogP contribution is 2.17. The summed E-state index contributed by atoms with van der Waals surface area (Å²) in [6.45, 7) is 3.74. The molecule has 1 unspecified atom stereocenters. The van der Waals surface area contributed by atoms with Crippen molar-refractivity contribution in [1.29, 1.82) is 0 Å². The van der Waals surface area contributed by atoms with E-state index in [0.29, 0.717) is 35.8 Å². The van der Waals surface area contributed by atoms with Gasteiger partial charge in [-0.3, -0.25) is 9.59 Å². The number of ether oxygens (including phenoxy) is 1. The molecule has 0 bridgehead atoms. The molecule has 3 rings (SSSR count). The summed E-state index contributed by atoms with van der Waals surface area (Å²) in [6.07, 6.45) is 5.85. The van der Waals surface area contributed by atoms with Gasteiger partial charge >= 0.3 is 0 Å². The van der Waals surface area contributed by atoms with E-state index in [4.69, 9.17) is 22.1 Å². The van der Waals surface area contributed by atoms with Gasteiger partial charge in [0.1, 0.15) is 0 Å². The molecule has 1 aromatic carbocycles. The molecule has 1 amide bonds. The Bertz CT molecular complexity index is 938. The molecule has 8 heteroatoms. The number of nitrogens with one attached hydrogen (secondary N) is 1. The number of rotatable bonds is 8. The second kappa shape index (κ2) is 10.7. The minimum Gasteiger partial charge on any atom is -0.378 e. The highest BCUT2D eigenvalue weighted by Gasteiger charge is 2.17. The number of aromatic nitrogens is 2. The first-order chi connectivity index (χ1) is 14.5. The van der Waals surface area contributed by atoms with Crippen molar-refractivity contribution in [3.63, 3.8) is 0 Å². The molecule has 1 saturated heterocycles. The summed E-state index contributed by atoms with van der Waals surface area (Å²) in [5.41, 5.74) is 8.51. The van der Waals surface area contributed by atoms with Crippen LogP contribution in [0.4, 0.5) is 0 Å². The average Bonchev–Trinajstić information content (AvgIpc) is 2.75. The van der Waals surface area contributed by atoms with Crippen LogP contribution in [0.15, 0.2) is 29.2 Å². The number of hydrogen-bond donors (Lipinski definition) is 2. The number of aryl methyl sites for hydroxylation is 2. The Hall–Kier alpha value is -2.22. The molecule has 3 N–H and O–H groups in total. The lowest BCUT2D eigenvalue weighted by Crippen LogP contribution is -2.33. The van der Waals surface area contributed by atoms with Gasteiger partial charge in [0, 0.05) is 36.8 Å². The molecule has 2 aromatic rings. The number of carbonyl (C=O) groups excluding carboxylic acids is 1.